The molecule has 1 N–H and O–H groups in total. The van der Waals surface area contributed by atoms with Crippen LogP contribution in [0.4, 0.5) is 13.2 Å². The Kier molecular flexibility index (Phi) is 7.49. The molecule has 0 aromatic heterocycles. The first-order chi connectivity index (χ1) is 12.7. The number of piperidine rings is 1. The predicted molar refractivity (Wildman–Crippen MR) is 95.2 cm³/mol. The van der Waals surface area contributed by atoms with Gasteiger partial charge in [-0.3, -0.25) is 0 Å². The van der Waals surface area contributed by atoms with Gasteiger partial charge in [-0.1, -0.05) is 17.2 Å². The van der Waals surface area contributed by atoms with Gasteiger partial charge in [0.2, 0.25) is 10.0 Å². The Hall–Kier alpha value is -1.81. The van der Waals surface area contributed by atoms with Gasteiger partial charge in [0, 0.05) is 24.5 Å². The van der Waals surface area contributed by atoms with E-state index in [1.807, 2.05) is 0 Å². The summed E-state index contributed by atoms with van der Waals surface area (Å²) in [5, 5.41) is 3.58. The highest BCUT2D eigenvalue weighted by molar-refractivity contribution is 7.88. The summed E-state index contributed by atoms with van der Waals surface area (Å²) in [4.78, 5) is 4.89. The van der Waals surface area contributed by atoms with Crippen LogP contribution in [0.5, 0.6) is 0 Å². The van der Waals surface area contributed by atoms with Crippen LogP contribution in [0.15, 0.2) is 29.4 Å². The van der Waals surface area contributed by atoms with Crippen molar-refractivity contribution in [1.82, 2.24) is 9.62 Å². The standard InChI is InChI=1S/C16H22F3N5O2S/c17-16(18,19)15-3-1-14(2-4-15)12-27(25,26)22-7-10-24-8-5-13(6-9-24)11-21-23-20/h1-4,13,22H,5-12H2. The van der Waals surface area contributed by atoms with E-state index in [9.17, 15) is 21.6 Å². The van der Waals surface area contributed by atoms with E-state index in [0.717, 1.165) is 38.1 Å². The Morgan fingerprint density at radius 1 is 1.22 bits per heavy atom. The van der Waals surface area contributed by atoms with Crippen LogP contribution in [0, 0.1) is 5.92 Å². The Bertz CT molecular complexity index is 753. The molecular formula is C16H22F3N5O2S. The second kappa shape index (κ2) is 9.41. The van der Waals surface area contributed by atoms with Gasteiger partial charge in [0.15, 0.2) is 0 Å². The van der Waals surface area contributed by atoms with E-state index in [-0.39, 0.29) is 12.3 Å². The lowest BCUT2D eigenvalue weighted by atomic mass is 9.97. The zero-order valence-corrected chi connectivity index (χ0v) is 15.5. The highest BCUT2D eigenvalue weighted by Gasteiger charge is 2.30. The Morgan fingerprint density at radius 3 is 2.41 bits per heavy atom. The van der Waals surface area contributed by atoms with E-state index < -0.39 is 21.8 Å². The normalized spacial score (nSPS) is 16.9. The molecule has 0 saturated carbocycles. The molecule has 0 radical (unpaired) electrons. The number of nitrogens with zero attached hydrogens (tertiary/aromatic N) is 4. The van der Waals surface area contributed by atoms with Gasteiger partial charge in [0.05, 0.1) is 11.3 Å². The summed E-state index contributed by atoms with van der Waals surface area (Å²) >= 11 is 0. The van der Waals surface area contributed by atoms with Crippen LogP contribution in [0.2, 0.25) is 0 Å². The van der Waals surface area contributed by atoms with E-state index in [4.69, 9.17) is 5.53 Å². The first-order valence-electron chi connectivity index (χ1n) is 8.56. The van der Waals surface area contributed by atoms with Gasteiger partial charge in [-0.15, -0.1) is 0 Å². The second-order valence-corrected chi connectivity index (χ2v) is 8.35. The number of nitrogens with one attached hydrogen (secondary N) is 1. The topological polar surface area (TPSA) is 98.2 Å². The second-order valence-electron chi connectivity index (χ2n) is 6.55. The van der Waals surface area contributed by atoms with Crippen molar-refractivity contribution in [3.63, 3.8) is 0 Å². The van der Waals surface area contributed by atoms with Crippen LogP contribution in [0.3, 0.4) is 0 Å². The van der Waals surface area contributed by atoms with E-state index in [0.29, 0.717) is 24.6 Å². The molecule has 1 aromatic rings. The lowest BCUT2D eigenvalue weighted by Crippen LogP contribution is -2.40. The molecule has 2 rings (SSSR count). The van der Waals surface area contributed by atoms with Gasteiger partial charge in [-0.05, 0) is 55.1 Å². The smallest absolute Gasteiger partial charge is 0.302 e. The number of halogens is 3. The zero-order chi connectivity index (χ0) is 19.9. The van der Waals surface area contributed by atoms with Gasteiger partial charge in [-0.2, -0.15) is 13.2 Å². The quantitative estimate of drug-likeness (QED) is 0.409. The molecular weight excluding hydrogens is 383 g/mol. The summed E-state index contributed by atoms with van der Waals surface area (Å²) in [6.45, 7) is 2.91. The first-order valence-corrected chi connectivity index (χ1v) is 10.2. The summed E-state index contributed by atoms with van der Waals surface area (Å²) in [7, 11) is -3.62. The van der Waals surface area contributed by atoms with Gasteiger partial charge < -0.3 is 4.90 Å². The van der Waals surface area contributed by atoms with E-state index >= 15 is 0 Å². The van der Waals surface area contributed by atoms with Crippen LogP contribution < -0.4 is 4.72 Å². The van der Waals surface area contributed by atoms with Gasteiger partial charge in [0.1, 0.15) is 0 Å². The summed E-state index contributed by atoms with van der Waals surface area (Å²) < 4.78 is 64.3. The van der Waals surface area contributed by atoms with E-state index in [2.05, 4.69) is 19.6 Å². The fourth-order valence-electron chi connectivity index (χ4n) is 2.96. The van der Waals surface area contributed by atoms with Crippen molar-refractivity contribution < 1.29 is 21.6 Å². The third-order valence-electron chi connectivity index (χ3n) is 4.50. The molecule has 0 spiro atoms. The molecule has 1 aromatic carbocycles. The minimum absolute atomic E-state index is 0.240. The van der Waals surface area contributed by atoms with E-state index in [1.165, 1.54) is 12.1 Å². The third-order valence-corrected chi connectivity index (χ3v) is 5.86. The maximum absolute atomic E-state index is 12.5. The van der Waals surface area contributed by atoms with Crippen molar-refractivity contribution in [2.24, 2.45) is 11.0 Å². The molecule has 27 heavy (non-hydrogen) atoms. The van der Waals surface area contributed by atoms with Crippen LogP contribution in [0.1, 0.15) is 24.0 Å². The molecule has 1 fully saturated rings. The highest BCUT2D eigenvalue weighted by atomic mass is 32.2. The Morgan fingerprint density at radius 2 is 1.85 bits per heavy atom. The summed E-state index contributed by atoms with van der Waals surface area (Å²) in [5.74, 6) is 0.00726. The van der Waals surface area contributed by atoms with Crippen LogP contribution >= 0.6 is 0 Å². The van der Waals surface area contributed by atoms with Crippen molar-refractivity contribution in [2.75, 3.05) is 32.7 Å². The number of sulfonamides is 1. The van der Waals surface area contributed by atoms with Crippen molar-refractivity contribution in [3.05, 3.63) is 45.8 Å². The first kappa shape index (κ1) is 21.5. The molecule has 0 amide bonds. The van der Waals surface area contributed by atoms with Crippen molar-refractivity contribution in [2.45, 2.75) is 24.8 Å². The van der Waals surface area contributed by atoms with Crippen molar-refractivity contribution in [1.29, 1.82) is 0 Å². The molecule has 1 saturated heterocycles. The molecule has 1 aliphatic heterocycles. The lowest BCUT2D eigenvalue weighted by Gasteiger charge is -2.31. The number of hydrogen-bond acceptors (Lipinski definition) is 4. The fraction of sp³-hybridized carbons (Fsp3) is 0.625. The SMILES string of the molecule is [N-]=[N+]=NCC1CCN(CCNS(=O)(=O)Cc2ccc(C(F)(F)F)cc2)CC1. The summed E-state index contributed by atoms with van der Waals surface area (Å²) in [5.41, 5.74) is 7.82. The Balaban J connectivity index is 1.74. The minimum atomic E-state index is -4.44. The molecule has 11 heteroatoms. The molecule has 0 atom stereocenters. The fourth-order valence-corrected chi connectivity index (χ4v) is 4.10. The summed E-state index contributed by atoms with van der Waals surface area (Å²) in [6, 6.07) is 4.11. The monoisotopic (exact) mass is 405 g/mol. The van der Waals surface area contributed by atoms with Crippen molar-refractivity contribution in [3.8, 4) is 0 Å². The number of rotatable bonds is 8. The van der Waals surface area contributed by atoms with Crippen LogP contribution in [-0.2, 0) is 22.0 Å². The van der Waals surface area contributed by atoms with Crippen LogP contribution in [-0.4, -0.2) is 46.0 Å². The maximum Gasteiger partial charge on any atom is 0.416 e. The molecule has 0 aliphatic carbocycles. The largest absolute Gasteiger partial charge is 0.416 e. The summed E-state index contributed by atoms with van der Waals surface area (Å²) in [6.07, 6.45) is -2.64. The van der Waals surface area contributed by atoms with Crippen LogP contribution in [0.25, 0.3) is 10.4 Å². The third kappa shape index (κ3) is 7.37. The van der Waals surface area contributed by atoms with Gasteiger partial charge >= 0.3 is 6.18 Å². The van der Waals surface area contributed by atoms with Crippen molar-refractivity contribution >= 4 is 10.0 Å². The lowest BCUT2D eigenvalue weighted by molar-refractivity contribution is -0.137. The van der Waals surface area contributed by atoms with Gasteiger partial charge in [0.25, 0.3) is 0 Å². The molecule has 1 aliphatic rings. The highest BCUT2D eigenvalue weighted by Crippen LogP contribution is 2.29. The molecule has 0 unspecified atom stereocenters. The Labute approximate surface area is 156 Å². The predicted octanol–water partition coefficient (Wildman–Crippen LogP) is 3.15. The number of alkyl halides is 3. The van der Waals surface area contributed by atoms with E-state index in [1.54, 1.807) is 0 Å². The number of benzene rings is 1. The number of azide groups is 1. The molecule has 0 bridgehead atoms. The minimum Gasteiger partial charge on any atom is -0.302 e. The molecule has 7 nitrogen and oxygen atoms in total. The zero-order valence-electron chi connectivity index (χ0n) is 14.7. The average molecular weight is 405 g/mol. The average Bonchev–Trinajstić information content (AvgIpc) is 2.60. The molecule has 150 valence electrons. The maximum atomic E-state index is 12.5. The number of hydrogen-bond donors (Lipinski definition) is 1. The molecule has 1 heterocycles. The number of likely N-dealkylation sites (tertiary alicyclic amines) is 1. The van der Waals surface area contributed by atoms with Gasteiger partial charge in [-0.25, -0.2) is 13.1 Å².